The average Bonchev–Trinajstić information content (AvgIpc) is 2.91. The summed E-state index contributed by atoms with van der Waals surface area (Å²) in [4.78, 5) is 16.9. The molecule has 1 amide bonds. The first-order valence-electron chi connectivity index (χ1n) is 7.81. The van der Waals surface area contributed by atoms with Gasteiger partial charge < -0.3 is 14.8 Å². The summed E-state index contributed by atoms with van der Waals surface area (Å²) in [5.74, 6) is -0.196. The molecule has 2 heterocycles. The van der Waals surface area contributed by atoms with Crippen molar-refractivity contribution in [3.8, 4) is 11.3 Å². The van der Waals surface area contributed by atoms with Gasteiger partial charge in [0, 0.05) is 23.3 Å². The van der Waals surface area contributed by atoms with Gasteiger partial charge in [0.1, 0.15) is 5.65 Å². The molecule has 0 aliphatic carbocycles. The fourth-order valence-corrected chi connectivity index (χ4v) is 2.84. The van der Waals surface area contributed by atoms with E-state index in [1.807, 2.05) is 16.5 Å². The van der Waals surface area contributed by atoms with Crippen molar-refractivity contribution in [2.45, 2.75) is 19.4 Å². The van der Waals surface area contributed by atoms with Gasteiger partial charge in [0.15, 0.2) is 0 Å². The van der Waals surface area contributed by atoms with Gasteiger partial charge in [-0.15, -0.1) is 0 Å². The second-order valence-electron chi connectivity index (χ2n) is 5.82. The molecular formula is C18H17Cl2N3O2. The Bertz CT molecular complexity index is 905. The molecule has 0 aliphatic heterocycles. The third kappa shape index (κ3) is 4.12. The molecule has 5 nitrogen and oxygen atoms in total. The molecule has 7 heteroatoms. The third-order valence-corrected chi connectivity index (χ3v) is 4.20. The van der Waals surface area contributed by atoms with Crippen molar-refractivity contribution in [3.63, 3.8) is 0 Å². The number of hydrogen-bond donors (Lipinski definition) is 2. The largest absolute Gasteiger partial charge is 0.392 e. The summed E-state index contributed by atoms with van der Waals surface area (Å²) in [6, 6.07) is 10.9. The van der Waals surface area contributed by atoms with Crippen LogP contribution < -0.4 is 5.32 Å². The molecule has 25 heavy (non-hydrogen) atoms. The molecule has 2 N–H and O–H groups in total. The summed E-state index contributed by atoms with van der Waals surface area (Å²) in [5.41, 5.74) is 2.99. The van der Waals surface area contributed by atoms with E-state index in [4.69, 9.17) is 23.2 Å². The maximum atomic E-state index is 12.3. The number of aromatic nitrogens is 2. The van der Waals surface area contributed by atoms with E-state index in [-0.39, 0.29) is 18.9 Å². The highest BCUT2D eigenvalue weighted by atomic mass is 35.5. The third-order valence-electron chi connectivity index (χ3n) is 3.72. The molecule has 2 aromatic heterocycles. The van der Waals surface area contributed by atoms with Gasteiger partial charge in [-0.3, -0.25) is 4.79 Å². The minimum atomic E-state index is -0.601. The number of amides is 1. The van der Waals surface area contributed by atoms with Crippen LogP contribution in [0.1, 0.15) is 12.6 Å². The van der Waals surface area contributed by atoms with Gasteiger partial charge in [-0.05, 0) is 31.2 Å². The maximum absolute atomic E-state index is 12.3. The quantitative estimate of drug-likeness (QED) is 0.716. The Balaban J connectivity index is 2.03. The Hall–Kier alpha value is -2.08. The topological polar surface area (TPSA) is 66.6 Å². The monoisotopic (exact) mass is 377 g/mol. The maximum Gasteiger partial charge on any atom is 0.226 e. The van der Waals surface area contributed by atoms with E-state index in [1.165, 1.54) is 0 Å². The van der Waals surface area contributed by atoms with E-state index in [9.17, 15) is 9.90 Å². The molecule has 3 rings (SSSR count). The van der Waals surface area contributed by atoms with Gasteiger partial charge in [-0.25, -0.2) is 4.98 Å². The lowest BCUT2D eigenvalue weighted by Crippen LogP contribution is -2.32. The summed E-state index contributed by atoms with van der Waals surface area (Å²) >= 11 is 12.1. The Morgan fingerprint density at radius 1 is 1.20 bits per heavy atom. The number of benzene rings is 1. The first-order valence-corrected chi connectivity index (χ1v) is 8.57. The van der Waals surface area contributed by atoms with Crippen molar-refractivity contribution in [1.82, 2.24) is 14.7 Å². The predicted molar refractivity (Wildman–Crippen MR) is 99.0 cm³/mol. The Morgan fingerprint density at radius 3 is 2.56 bits per heavy atom. The molecule has 0 bridgehead atoms. The number of pyridine rings is 1. The van der Waals surface area contributed by atoms with Gasteiger partial charge in [0.2, 0.25) is 5.91 Å². The lowest BCUT2D eigenvalue weighted by Gasteiger charge is -2.09. The number of nitrogens with one attached hydrogen (secondary N) is 1. The number of carbonyl (C=O) groups excluding carboxylic acids is 1. The van der Waals surface area contributed by atoms with E-state index >= 15 is 0 Å². The number of nitrogens with zero attached hydrogens (tertiary/aromatic N) is 2. The smallest absolute Gasteiger partial charge is 0.226 e. The Labute approximate surface area is 155 Å². The molecule has 0 spiro atoms. The molecule has 1 aromatic carbocycles. The van der Waals surface area contributed by atoms with Crippen LogP contribution in [0.4, 0.5) is 0 Å². The highest BCUT2D eigenvalue weighted by Crippen LogP contribution is 2.27. The van der Waals surface area contributed by atoms with Crippen LogP contribution in [0.2, 0.25) is 10.0 Å². The molecule has 130 valence electrons. The molecule has 0 radical (unpaired) electrons. The summed E-state index contributed by atoms with van der Waals surface area (Å²) in [6.07, 6.45) is 1.25. The second kappa shape index (κ2) is 7.44. The SMILES string of the molecule is C[C@@H](O)CNC(=O)Cc1c(-c2ccc(Cl)cc2)nc2ccc(Cl)cn12. The lowest BCUT2D eigenvalue weighted by atomic mass is 10.1. The minimum Gasteiger partial charge on any atom is -0.392 e. The van der Waals surface area contributed by atoms with Gasteiger partial charge in [0.05, 0.1) is 28.9 Å². The molecule has 0 saturated heterocycles. The summed E-state index contributed by atoms with van der Waals surface area (Å²) in [7, 11) is 0. The first kappa shape index (κ1) is 17.7. The van der Waals surface area contributed by atoms with Crippen molar-refractivity contribution in [3.05, 3.63) is 58.3 Å². The van der Waals surface area contributed by atoms with Crippen LogP contribution >= 0.6 is 23.2 Å². The van der Waals surface area contributed by atoms with E-state index < -0.39 is 6.10 Å². The summed E-state index contributed by atoms with van der Waals surface area (Å²) < 4.78 is 1.81. The van der Waals surface area contributed by atoms with E-state index in [0.29, 0.717) is 21.4 Å². The van der Waals surface area contributed by atoms with Gasteiger partial charge in [-0.2, -0.15) is 0 Å². The number of aliphatic hydroxyl groups excluding tert-OH is 1. The van der Waals surface area contributed by atoms with Crippen LogP contribution in [0.5, 0.6) is 0 Å². The number of rotatable bonds is 5. The first-order chi connectivity index (χ1) is 11.9. The molecule has 0 unspecified atom stereocenters. The normalized spacial score (nSPS) is 12.3. The van der Waals surface area contributed by atoms with Crippen molar-refractivity contribution in [2.75, 3.05) is 6.54 Å². The van der Waals surface area contributed by atoms with E-state index in [0.717, 1.165) is 11.3 Å². The van der Waals surface area contributed by atoms with Crippen LogP contribution in [0.15, 0.2) is 42.6 Å². The predicted octanol–water partition coefficient (Wildman–Crippen LogP) is 3.35. The molecule has 0 aliphatic rings. The zero-order valence-corrected chi connectivity index (χ0v) is 15.1. The number of aliphatic hydroxyl groups is 1. The van der Waals surface area contributed by atoms with Crippen LogP contribution in [0.3, 0.4) is 0 Å². The Kier molecular flexibility index (Phi) is 5.27. The van der Waals surface area contributed by atoms with Crippen molar-refractivity contribution in [1.29, 1.82) is 0 Å². The van der Waals surface area contributed by atoms with Gasteiger partial charge in [0.25, 0.3) is 0 Å². The molecule has 1 atom stereocenters. The van der Waals surface area contributed by atoms with Crippen molar-refractivity contribution < 1.29 is 9.90 Å². The fraction of sp³-hybridized carbons (Fsp3) is 0.222. The van der Waals surface area contributed by atoms with Crippen molar-refractivity contribution in [2.24, 2.45) is 0 Å². The molecule has 0 saturated carbocycles. The van der Waals surface area contributed by atoms with Gasteiger partial charge in [-0.1, -0.05) is 35.3 Å². The summed E-state index contributed by atoms with van der Waals surface area (Å²) in [6.45, 7) is 1.82. The highest BCUT2D eigenvalue weighted by molar-refractivity contribution is 6.30. The highest BCUT2D eigenvalue weighted by Gasteiger charge is 2.17. The van der Waals surface area contributed by atoms with E-state index in [2.05, 4.69) is 10.3 Å². The van der Waals surface area contributed by atoms with Crippen LogP contribution in [-0.4, -0.2) is 33.0 Å². The van der Waals surface area contributed by atoms with E-state index in [1.54, 1.807) is 37.4 Å². The zero-order chi connectivity index (χ0) is 18.0. The Morgan fingerprint density at radius 2 is 1.88 bits per heavy atom. The number of carbonyl (C=O) groups is 1. The molecular weight excluding hydrogens is 361 g/mol. The molecule has 3 aromatic rings. The second-order valence-corrected chi connectivity index (χ2v) is 6.69. The summed E-state index contributed by atoms with van der Waals surface area (Å²) in [5, 5.41) is 13.2. The number of imidazole rings is 1. The number of hydrogen-bond acceptors (Lipinski definition) is 3. The average molecular weight is 378 g/mol. The molecule has 0 fully saturated rings. The fourth-order valence-electron chi connectivity index (χ4n) is 2.55. The van der Waals surface area contributed by atoms with Crippen molar-refractivity contribution >= 4 is 34.8 Å². The van der Waals surface area contributed by atoms with Crippen LogP contribution in [0, 0.1) is 0 Å². The zero-order valence-electron chi connectivity index (χ0n) is 13.5. The minimum absolute atomic E-state index is 0.117. The van der Waals surface area contributed by atoms with Gasteiger partial charge >= 0.3 is 0 Å². The standard InChI is InChI=1S/C18H17Cl2N3O2/c1-11(24)9-21-17(25)8-15-18(12-2-4-13(19)5-3-12)22-16-7-6-14(20)10-23(15)16/h2-7,10-11,24H,8-9H2,1H3,(H,21,25)/t11-/m1/s1. The lowest BCUT2D eigenvalue weighted by molar-refractivity contribution is -0.120. The number of halogens is 2. The number of fused-ring (bicyclic) bond motifs is 1. The van der Waals surface area contributed by atoms with Crippen LogP contribution in [-0.2, 0) is 11.2 Å². The van der Waals surface area contributed by atoms with Crippen LogP contribution in [0.25, 0.3) is 16.9 Å².